The second kappa shape index (κ2) is 4.61. The molecule has 1 aliphatic heterocycles. The summed E-state index contributed by atoms with van der Waals surface area (Å²) in [5, 5.41) is 4.95. The summed E-state index contributed by atoms with van der Waals surface area (Å²) in [6, 6.07) is 3.41. The lowest BCUT2D eigenvalue weighted by atomic mass is 10.1. The van der Waals surface area contributed by atoms with Crippen molar-refractivity contribution < 1.29 is 8.42 Å². The molecular weight excluding hydrogens is 232 g/mol. The lowest BCUT2D eigenvalue weighted by molar-refractivity contribution is 0.429. The SMILES string of the molecule is O=S(=O)(NC1CCCNC1)c1cccs1. The Balaban J connectivity index is 2.04. The second-order valence-electron chi connectivity index (χ2n) is 3.60. The topological polar surface area (TPSA) is 58.2 Å². The average molecular weight is 246 g/mol. The lowest BCUT2D eigenvalue weighted by Gasteiger charge is -2.23. The van der Waals surface area contributed by atoms with Crippen molar-refractivity contribution >= 4 is 21.4 Å². The number of hydrogen-bond acceptors (Lipinski definition) is 4. The number of hydrogen-bond donors (Lipinski definition) is 2. The minimum atomic E-state index is -3.29. The summed E-state index contributed by atoms with van der Waals surface area (Å²) in [4.78, 5) is 0. The predicted octanol–water partition coefficient (Wildman–Crippen LogP) is 0.778. The van der Waals surface area contributed by atoms with Crippen LogP contribution in [0.25, 0.3) is 0 Å². The van der Waals surface area contributed by atoms with Gasteiger partial charge in [-0.05, 0) is 30.8 Å². The highest BCUT2D eigenvalue weighted by Crippen LogP contribution is 2.16. The summed E-state index contributed by atoms with van der Waals surface area (Å²) in [6.45, 7) is 1.71. The number of thiophene rings is 1. The Morgan fingerprint density at radius 2 is 2.40 bits per heavy atom. The third-order valence-electron chi connectivity index (χ3n) is 2.38. The molecule has 0 aromatic carbocycles. The first-order valence-electron chi connectivity index (χ1n) is 4.95. The first-order chi connectivity index (χ1) is 7.18. The average Bonchev–Trinajstić information content (AvgIpc) is 2.71. The van der Waals surface area contributed by atoms with Crippen molar-refractivity contribution in [3.8, 4) is 0 Å². The van der Waals surface area contributed by atoms with E-state index in [1.54, 1.807) is 17.5 Å². The summed E-state index contributed by atoms with van der Waals surface area (Å²) >= 11 is 1.25. The fourth-order valence-electron chi connectivity index (χ4n) is 1.65. The van der Waals surface area contributed by atoms with Gasteiger partial charge in [0.05, 0.1) is 0 Å². The van der Waals surface area contributed by atoms with Gasteiger partial charge in [-0.3, -0.25) is 0 Å². The maximum atomic E-state index is 11.8. The Bertz CT molecular complexity index is 394. The van der Waals surface area contributed by atoms with Crippen molar-refractivity contribution in [2.45, 2.75) is 23.1 Å². The summed E-state index contributed by atoms with van der Waals surface area (Å²) in [5.41, 5.74) is 0. The standard InChI is InChI=1S/C9H14N2O2S2/c12-15(13,9-4-2-6-14-9)11-8-3-1-5-10-7-8/h2,4,6,8,10-11H,1,3,5,7H2. The van der Waals surface area contributed by atoms with Crippen molar-refractivity contribution in [1.29, 1.82) is 0 Å². The zero-order chi connectivity index (χ0) is 10.7. The first-order valence-corrected chi connectivity index (χ1v) is 7.31. The molecule has 6 heteroatoms. The zero-order valence-electron chi connectivity index (χ0n) is 8.27. The summed E-state index contributed by atoms with van der Waals surface area (Å²) in [6.07, 6.45) is 1.94. The highest BCUT2D eigenvalue weighted by molar-refractivity contribution is 7.91. The molecule has 15 heavy (non-hydrogen) atoms. The van der Waals surface area contributed by atoms with Gasteiger partial charge in [-0.1, -0.05) is 6.07 Å². The molecule has 2 heterocycles. The molecule has 0 saturated carbocycles. The molecule has 0 amide bonds. The van der Waals surface area contributed by atoms with Crippen LogP contribution in [0.4, 0.5) is 0 Å². The Morgan fingerprint density at radius 3 is 3.00 bits per heavy atom. The lowest BCUT2D eigenvalue weighted by Crippen LogP contribution is -2.45. The monoisotopic (exact) mass is 246 g/mol. The van der Waals surface area contributed by atoms with Crippen LogP contribution in [0, 0.1) is 0 Å². The van der Waals surface area contributed by atoms with E-state index in [-0.39, 0.29) is 6.04 Å². The van der Waals surface area contributed by atoms with Crippen molar-refractivity contribution in [3.05, 3.63) is 17.5 Å². The van der Waals surface area contributed by atoms with E-state index in [0.717, 1.165) is 25.9 Å². The number of rotatable bonds is 3. The van der Waals surface area contributed by atoms with E-state index >= 15 is 0 Å². The highest BCUT2D eigenvalue weighted by Gasteiger charge is 2.21. The number of nitrogens with one attached hydrogen (secondary N) is 2. The van der Waals surface area contributed by atoms with E-state index < -0.39 is 10.0 Å². The largest absolute Gasteiger partial charge is 0.315 e. The molecule has 0 bridgehead atoms. The summed E-state index contributed by atoms with van der Waals surface area (Å²) in [7, 11) is -3.29. The molecule has 1 atom stereocenters. The van der Waals surface area contributed by atoms with Crippen LogP contribution in [0.5, 0.6) is 0 Å². The van der Waals surface area contributed by atoms with Gasteiger partial charge in [0.15, 0.2) is 0 Å². The second-order valence-corrected chi connectivity index (χ2v) is 6.49. The third kappa shape index (κ3) is 2.78. The van der Waals surface area contributed by atoms with E-state index in [4.69, 9.17) is 0 Å². The van der Waals surface area contributed by atoms with Crippen LogP contribution in [0.2, 0.25) is 0 Å². The molecule has 1 unspecified atom stereocenters. The Labute approximate surface area is 93.8 Å². The maximum Gasteiger partial charge on any atom is 0.250 e. The van der Waals surface area contributed by atoms with E-state index in [1.807, 2.05) is 0 Å². The molecular formula is C9H14N2O2S2. The molecule has 2 N–H and O–H groups in total. The zero-order valence-corrected chi connectivity index (χ0v) is 9.90. The van der Waals surface area contributed by atoms with Crippen LogP contribution in [-0.4, -0.2) is 27.5 Å². The molecule has 1 aliphatic rings. The van der Waals surface area contributed by atoms with Gasteiger partial charge in [0.2, 0.25) is 10.0 Å². The third-order valence-corrected chi connectivity index (χ3v) is 5.30. The number of sulfonamides is 1. The van der Waals surface area contributed by atoms with Crippen molar-refractivity contribution in [2.24, 2.45) is 0 Å². The molecule has 0 aliphatic carbocycles. The molecule has 1 saturated heterocycles. The van der Waals surface area contributed by atoms with E-state index in [1.165, 1.54) is 11.3 Å². The van der Waals surface area contributed by atoms with Crippen LogP contribution in [0.3, 0.4) is 0 Å². The van der Waals surface area contributed by atoms with Gasteiger partial charge in [0.1, 0.15) is 4.21 Å². The Morgan fingerprint density at radius 1 is 1.53 bits per heavy atom. The van der Waals surface area contributed by atoms with Gasteiger partial charge >= 0.3 is 0 Å². The van der Waals surface area contributed by atoms with Crippen molar-refractivity contribution in [1.82, 2.24) is 10.0 Å². The van der Waals surface area contributed by atoms with Crippen LogP contribution in [0.1, 0.15) is 12.8 Å². The van der Waals surface area contributed by atoms with E-state index in [9.17, 15) is 8.42 Å². The molecule has 1 aromatic heterocycles. The van der Waals surface area contributed by atoms with Gasteiger partial charge < -0.3 is 5.32 Å². The molecule has 4 nitrogen and oxygen atoms in total. The van der Waals surface area contributed by atoms with Crippen LogP contribution >= 0.6 is 11.3 Å². The van der Waals surface area contributed by atoms with E-state index in [0.29, 0.717) is 4.21 Å². The smallest absolute Gasteiger partial charge is 0.250 e. The maximum absolute atomic E-state index is 11.8. The summed E-state index contributed by atoms with van der Waals surface area (Å²) < 4.78 is 26.8. The minimum absolute atomic E-state index is 0.0332. The number of piperidine rings is 1. The van der Waals surface area contributed by atoms with Gasteiger partial charge in [0, 0.05) is 12.6 Å². The van der Waals surface area contributed by atoms with E-state index in [2.05, 4.69) is 10.0 Å². The molecule has 1 fully saturated rings. The molecule has 2 rings (SSSR count). The first kappa shape index (κ1) is 11.1. The van der Waals surface area contributed by atoms with Gasteiger partial charge in [-0.15, -0.1) is 11.3 Å². The highest BCUT2D eigenvalue weighted by atomic mass is 32.2. The van der Waals surface area contributed by atoms with Gasteiger partial charge in [-0.2, -0.15) is 0 Å². The van der Waals surface area contributed by atoms with Crippen LogP contribution < -0.4 is 10.0 Å². The van der Waals surface area contributed by atoms with Crippen molar-refractivity contribution in [3.63, 3.8) is 0 Å². The summed E-state index contributed by atoms with van der Waals surface area (Å²) in [5.74, 6) is 0. The van der Waals surface area contributed by atoms with Gasteiger partial charge in [0.25, 0.3) is 0 Å². The van der Waals surface area contributed by atoms with Crippen LogP contribution in [-0.2, 0) is 10.0 Å². The molecule has 84 valence electrons. The Kier molecular flexibility index (Phi) is 3.40. The van der Waals surface area contributed by atoms with Crippen LogP contribution in [0.15, 0.2) is 21.7 Å². The fraction of sp³-hybridized carbons (Fsp3) is 0.556. The van der Waals surface area contributed by atoms with Crippen molar-refractivity contribution in [2.75, 3.05) is 13.1 Å². The quantitative estimate of drug-likeness (QED) is 0.828. The normalized spacial score (nSPS) is 22.8. The molecule has 1 aromatic rings. The molecule has 0 spiro atoms. The predicted molar refractivity (Wildman–Crippen MR) is 60.5 cm³/mol. The molecule has 0 radical (unpaired) electrons. The minimum Gasteiger partial charge on any atom is -0.315 e. The fourth-order valence-corrected chi connectivity index (χ4v) is 3.93. The van der Waals surface area contributed by atoms with Gasteiger partial charge in [-0.25, -0.2) is 13.1 Å². The Hall–Kier alpha value is -0.430.